The summed E-state index contributed by atoms with van der Waals surface area (Å²) in [5, 5.41) is 0. The maximum absolute atomic E-state index is 12.1. The van der Waals surface area contributed by atoms with Crippen LogP contribution in [0.5, 0.6) is 0 Å². The first-order chi connectivity index (χ1) is 11.2. The van der Waals surface area contributed by atoms with Gasteiger partial charge in [0, 0.05) is 32.4 Å². The number of piperazine rings is 1. The number of nitrogens with zero attached hydrogens (tertiary/aromatic N) is 3. The van der Waals surface area contributed by atoms with Gasteiger partial charge < -0.3 is 19.3 Å². The number of esters is 1. The fourth-order valence-corrected chi connectivity index (χ4v) is 2.48. The molecule has 0 N–H and O–H groups in total. The number of amides is 1. The van der Waals surface area contributed by atoms with E-state index in [1.807, 2.05) is 33.8 Å². The largest absolute Gasteiger partial charge is 0.465 e. The van der Waals surface area contributed by atoms with Crippen LogP contribution in [-0.2, 0) is 9.47 Å². The molecule has 0 radical (unpaired) electrons. The Morgan fingerprint density at radius 1 is 1.17 bits per heavy atom. The number of carbonyl (C=O) groups excluding carboxylic acids is 2. The second-order valence-corrected chi connectivity index (χ2v) is 6.80. The minimum Gasteiger partial charge on any atom is -0.465 e. The van der Waals surface area contributed by atoms with Gasteiger partial charge in [-0.15, -0.1) is 0 Å². The summed E-state index contributed by atoms with van der Waals surface area (Å²) in [6.07, 6.45) is 1.25. The number of carbonyl (C=O) groups is 2. The van der Waals surface area contributed by atoms with Crippen molar-refractivity contribution in [2.75, 3.05) is 38.2 Å². The van der Waals surface area contributed by atoms with Crippen LogP contribution < -0.4 is 4.90 Å². The number of ether oxygens (including phenoxy) is 2. The zero-order valence-corrected chi connectivity index (χ0v) is 15.0. The first-order valence-corrected chi connectivity index (χ1v) is 7.99. The van der Waals surface area contributed by atoms with Crippen LogP contribution in [0, 0.1) is 6.92 Å². The Morgan fingerprint density at radius 3 is 2.29 bits per heavy atom. The molecule has 1 fully saturated rings. The molecule has 7 nitrogen and oxygen atoms in total. The minimum atomic E-state index is -0.489. The first-order valence-electron chi connectivity index (χ1n) is 7.99. The molecule has 0 bridgehead atoms. The van der Waals surface area contributed by atoms with Crippen molar-refractivity contribution in [1.82, 2.24) is 9.88 Å². The van der Waals surface area contributed by atoms with E-state index in [1.54, 1.807) is 4.90 Å². The number of aryl methyl sites for hydroxylation is 1. The smallest absolute Gasteiger partial charge is 0.410 e. The van der Waals surface area contributed by atoms with Gasteiger partial charge in [0.25, 0.3) is 0 Å². The second-order valence-electron chi connectivity index (χ2n) is 6.80. The van der Waals surface area contributed by atoms with E-state index in [4.69, 9.17) is 9.47 Å². The number of rotatable bonds is 2. The predicted molar refractivity (Wildman–Crippen MR) is 90.3 cm³/mol. The normalized spacial score (nSPS) is 15.2. The van der Waals surface area contributed by atoms with Gasteiger partial charge in [-0.2, -0.15) is 0 Å². The van der Waals surface area contributed by atoms with Crippen LogP contribution in [-0.4, -0.2) is 60.8 Å². The number of aromatic nitrogens is 1. The Bertz CT molecular complexity index is 617. The lowest BCUT2D eigenvalue weighted by atomic mass is 10.1. The zero-order chi connectivity index (χ0) is 17.9. The molecule has 1 aromatic heterocycles. The summed E-state index contributed by atoms with van der Waals surface area (Å²) in [4.78, 5) is 31.9. The summed E-state index contributed by atoms with van der Waals surface area (Å²) < 4.78 is 10.1. The Labute approximate surface area is 142 Å². The summed E-state index contributed by atoms with van der Waals surface area (Å²) in [6.45, 7) is 9.92. The Kier molecular flexibility index (Phi) is 5.31. The molecule has 0 saturated carbocycles. The van der Waals surface area contributed by atoms with Crippen LogP contribution in [0.2, 0.25) is 0 Å². The first kappa shape index (κ1) is 18.0. The van der Waals surface area contributed by atoms with E-state index in [0.29, 0.717) is 31.7 Å². The highest BCUT2D eigenvalue weighted by molar-refractivity contribution is 5.90. The van der Waals surface area contributed by atoms with E-state index in [2.05, 4.69) is 9.88 Å². The molecule has 0 aromatic carbocycles. The number of anilines is 1. The summed E-state index contributed by atoms with van der Waals surface area (Å²) >= 11 is 0. The van der Waals surface area contributed by atoms with Gasteiger partial charge in [-0.05, 0) is 39.3 Å². The Morgan fingerprint density at radius 2 is 1.79 bits per heavy atom. The monoisotopic (exact) mass is 335 g/mol. The van der Waals surface area contributed by atoms with Crippen molar-refractivity contribution < 1.29 is 19.1 Å². The van der Waals surface area contributed by atoms with Crippen LogP contribution >= 0.6 is 0 Å². The maximum Gasteiger partial charge on any atom is 0.410 e. The van der Waals surface area contributed by atoms with Crippen molar-refractivity contribution in [2.24, 2.45) is 0 Å². The van der Waals surface area contributed by atoms with Gasteiger partial charge in [0.15, 0.2) is 0 Å². The van der Waals surface area contributed by atoms with Gasteiger partial charge in [0.2, 0.25) is 0 Å². The third-order valence-electron chi connectivity index (χ3n) is 3.76. The average molecular weight is 335 g/mol. The zero-order valence-electron chi connectivity index (χ0n) is 15.0. The third kappa shape index (κ3) is 4.37. The molecular weight excluding hydrogens is 310 g/mol. The Hall–Kier alpha value is -2.31. The highest BCUT2D eigenvalue weighted by Gasteiger charge is 2.26. The molecule has 2 heterocycles. The van der Waals surface area contributed by atoms with Crippen LogP contribution in [0.3, 0.4) is 0 Å². The van der Waals surface area contributed by atoms with Crippen LogP contribution in [0.4, 0.5) is 10.6 Å². The van der Waals surface area contributed by atoms with Gasteiger partial charge in [-0.1, -0.05) is 0 Å². The molecule has 0 aliphatic carbocycles. The molecule has 0 unspecified atom stereocenters. The fourth-order valence-electron chi connectivity index (χ4n) is 2.48. The molecule has 1 saturated heterocycles. The number of pyridine rings is 1. The molecule has 132 valence electrons. The van der Waals surface area contributed by atoms with Gasteiger partial charge >= 0.3 is 12.1 Å². The van der Waals surface area contributed by atoms with Crippen molar-refractivity contribution in [2.45, 2.75) is 33.3 Å². The van der Waals surface area contributed by atoms with E-state index < -0.39 is 5.60 Å². The van der Waals surface area contributed by atoms with Crippen LogP contribution in [0.15, 0.2) is 12.3 Å². The van der Waals surface area contributed by atoms with Crippen LogP contribution in [0.25, 0.3) is 0 Å². The summed E-state index contributed by atoms with van der Waals surface area (Å²) in [7, 11) is 1.35. The van der Waals surface area contributed by atoms with E-state index in [9.17, 15) is 9.59 Å². The molecule has 1 aromatic rings. The number of methoxy groups -OCH3 is 1. The van der Waals surface area contributed by atoms with Gasteiger partial charge in [-0.25, -0.2) is 14.6 Å². The quantitative estimate of drug-likeness (QED) is 0.772. The topological polar surface area (TPSA) is 72.0 Å². The Balaban J connectivity index is 1.98. The minimum absolute atomic E-state index is 0.285. The third-order valence-corrected chi connectivity index (χ3v) is 3.76. The summed E-state index contributed by atoms with van der Waals surface area (Å²) in [6, 6.07) is 1.87. The fraction of sp³-hybridized carbons (Fsp3) is 0.588. The molecule has 0 atom stereocenters. The maximum atomic E-state index is 12.1. The molecule has 2 rings (SSSR count). The molecule has 1 amide bonds. The van der Waals surface area contributed by atoms with Crippen LogP contribution in [0.1, 0.15) is 36.7 Å². The van der Waals surface area contributed by atoms with Crippen molar-refractivity contribution >= 4 is 17.9 Å². The highest BCUT2D eigenvalue weighted by Crippen LogP contribution is 2.19. The van der Waals surface area contributed by atoms with Gasteiger partial charge in [-0.3, -0.25) is 0 Å². The summed E-state index contributed by atoms with van der Waals surface area (Å²) in [5.41, 5.74) is 0.798. The molecule has 1 aliphatic heterocycles. The van der Waals surface area contributed by atoms with Crippen molar-refractivity contribution in [3.05, 3.63) is 23.4 Å². The lowest BCUT2D eigenvalue weighted by Gasteiger charge is -2.36. The molecule has 24 heavy (non-hydrogen) atoms. The highest BCUT2D eigenvalue weighted by atomic mass is 16.6. The van der Waals surface area contributed by atoms with Gasteiger partial charge in [0.1, 0.15) is 11.4 Å². The second kappa shape index (κ2) is 7.07. The van der Waals surface area contributed by atoms with Crippen molar-refractivity contribution in [1.29, 1.82) is 0 Å². The molecule has 7 heteroatoms. The van der Waals surface area contributed by atoms with Crippen molar-refractivity contribution in [3.63, 3.8) is 0 Å². The summed E-state index contributed by atoms with van der Waals surface area (Å²) in [5.74, 6) is 0.408. The number of hydrogen-bond donors (Lipinski definition) is 0. The van der Waals surface area contributed by atoms with E-state index in [0.717, 1.165) is 11.4 Å². The predicted octanol–water partition coefficient (Wildman–Crippen LogP) is 2.23. The lowest BCUT2D eigenvalue weighted by molar-refractivity contribution is 0.0240. The molecule has 0 spiro atoms. The lowest BCUT2D eigenvalue weighted by Crippen LogP contribution is -2.50. The standard InChI is InChI=1S/C17H25N3O4/c1-12-10-14(18-11-13(12)15(21)23-5)19-6-8-20(9-7-19)16(22)24-17(2,3)4/h10-11H,6-9H2,1-5H3. The van der Waals surface area contributed by atoms with Gasteiger partial charge in [0.05, 0.1) is 12.7 Å². The van der Waals surface area contributed by atoms with E-state index in [1.165, 1.54) is 13.3 Å². The number of hydrogen-bond acceptors (Lipinski definition) is 6. The molecular formula is C17H25N3O4. The average Bonchev–Trinajstić information content (AvgIpc) is 2.52. The molecule has 1 aliphatic rings. The van der Waals surface area contributed by atoms with E-state index in [-0.39, 0.29) is 12.1 Å². The van der Waals surface area contributed by atoms with E-state index >= 15 is 0 Å². The SMILES string of the molecule is COC(=O)c1cnc(N2CCN(C(=O)OC(C)(C)C)CC2)cc1C. The van der Waals surface area contributed by atoms with Crippen molar-refractivity contribution in [3.8, 4) is 0 Å².